The van der Waals surface area contributed by atoms with E-state index in [0.717, 1.165) is 28.2 Å². The zero-order valence-corrected chi connectivity index (χ0v) is 13.8. The monoisotopic (exact) mass is 317 g/mol. The third kappa shape index (κ3) is 2.40. The predicted molar refractivity (Wildman–Crippen MR) is 94.6 cm³/mol. The molecule has 0 saturated heterocycles. The molecule has 1 aromatic heterocycles. The van der Waals surface area contributed by atoms with Crippen molar-refractivity contribution >= 4 is 11.7 Å². The highest BCUT2D eigenvalue weighted by Crippen LogP contribution is 2.38. The summed E-state index contributed by atoms with van der Waals surface area (Å²) in [7, 11) is 0. The van der Waals surface area contributed by atoms with Crippen molar-refractivity contribution in [2.24, 2.45) is 0 Å². The van der Waals surface area contributed by atoms with Crippen LogP contribution in [0.2, 0.25) is 0 Å². The quantitative estimate of drug-likeness (QED) is 0.777. The SMILES string of the molecule is Cc1ccc(C)c(-n2ncc3c2NC(=O)CC3c2ccccc2)c1. The summed E-state index contributed by atoms with van der Waals surface area (Å²) in [5.41, 5.74) is 5.52. The topological polar surface area (TPSA) is 46.9 Å². The van der Waals surface area contributed by atoms with Gasteiger partial charge in [-0.25, -0.2) is 4.68 Å². The lowest BCUT2D eigenvalue weighted by atomic mass is 9.87. The van der Waals surface area contributed by atoms with E-state index in [4.69, 9.17) is 0 Å². The van der Waals surface area contributed by atoms with Crippen LogP contribution < -0.4 is 5.32 Å². The number of fused-ring (bicyclic) bond motifs is 1. The summed E-state index contributed by atoms with van der Waals surface area (Å²) >= 11 is 0. The number of hydrogen-bond acceptors (Lipinski definition) is 2. The minimum atomic E-state index is 0.0309. The van der Waals surface area contributed by atoms with Crippen molar-refractivity contribution in [1.82, 2.24) is 9.78 Å². The van der Waals surface area contributed by atoms with Crippen LogP contribution in [0.5, 0.6) is 0 Å². The Morgan fingerprint density at radius 3 is 2.71 bits per heavy atom. The van der Waals surface area contributed by atoms with Crippen LogP contribution in [0.25, 0.3) is 5.69 Å². The van der Waals surface area contributed by atoms with Crippen LogP contribution in [0, 0.1) is 13.8 Å². The van der Waals surface area contributed by atoms with Crippen molar-refractivity contribution < 1.29 is 4.79 Å². The van der Waals surface area contributed by atoms with Crippen LogP contribution in [0.1, 0.15) is 34.6 Å². The first kappa shape index (κ1) is 14.7. The van der Waals surface area contributed by atoms with Gasteiger partial charge in [0.25, 0.3) is 0 Å². The fraction of sp³-hybridized carbons (Fsp3) is 0.200. The van der Waals surface area contributed by atoms with Gasteiger partial charge in [0.05, 0.1) is 11.9 Å². The van der Waals surface area contributed by atoms with Crippen molar-refractivity contribution in [2.75, 3.05) is 5.32 Å². The molecule has 3 aromatic rings. The van der Waals surface area contributed by atoms with Gasteiger partial charge in [-0.15, -0.1) is 0 Å². The molecule has 1 N–H and O–H groups in total. The van der Waals surface area contributed by atoms with Crippen LogP contribution in [-0.2, 0) is 4.79 Å². The zero-order valence-electron chi connectivity index (χ0n) is 13.8. The highest BCUT2D eigenvalue weighted by Gasteiger charge is 2.30. The fourth-order valence-electron chi connectivity index (χ4n) is 3.33. The van der Waals surface area contributed by atoms with E-state index in [2.05, 4.69) is 54.6 Å². The molecule has 1 aliphatic heterocycles. The molecule has 1 atom stereocenters. The number of amides is 1. The molecule has 1 aliphatic rings. The molecular formula is C20H19N3O. The van der Waals surface area contributed by atoms with Crippen LogP contribution in [0.3, 0.4) is 0 Å². The zero-order chi connectivity index (χ0) is 16.7. The molecule has 0 radical (unpaired) electrons. The Bertz CT molecular complexity index is 912. The maximum atomic E-state index is 12.3. The third-order valence-corrected chi connectivity index (χ3v) is 4.62. The smallest absolute Gasteiger partial charge is 0.226 e. The Balaban J connectivity index is 1.86. The summed E-state index contributed by atoms with van der Waals surface area (Å²) < 4.78 is 1.85. The lowest BCUT2D eigenvalue weighted by Crippen LogP contribution is -2.24. The van der Waals surface area contributed by atoms with E-state index in [1.54, 1.807) is 0 Å². The van der Waals surface area contributed by atoms with E-state index in [0.29, 0.717) is 6.42 Å². The first-order valence-corrected chi connectivity index (χ1v) is 8.14. The van der Waals surface area contributed by atoms with Gasteiger partial charge in [0, 0.05) is 17.9 Å². The average Bonchev–Trinajstić information content (AvgIpc) is 3.00. The molecule has 0 bridgehead atoms. The molecule has 120 valence electrons. The number of nitrogens with one attached hydrogen (secondary N) is 1. The highest BCUT2D eigenvalue weighted by molar-refractivity contribution is 5.94. The van der Waals surface area contributed by atoms with E-state index < -0.39 is 0 Å². The van der Waals surface area contributed by atoms with Gasteiger partial charge >= 0.3 is 0 Å². The molecule has 0 fully saturated rings. The predicted octanol–water partition coefficient (Wildman–Crippen LogP) is 3.96. The molecule has 1 amide bonds. The van der Waals surface area contributed by atoms with Crippen molar-refractivity contribution in [3.63, 3.8) is 0 Å². The summed E-state index contributed by atoms with van der Waals surface area (Å²) in [6.45, 7) is 4.12. The van der Waals surface area contributed by atoms with Crippen LogP contribution in [0.15, 0.2) is 54.7 Å². The fourth-order valence-corrected chi connectivity index (χ4v) is 3.33. The first-order chi connectivity index (χ1) is 11.6. The van der Waals surface area contributed by atoms with Gasteiger partial charge in [-0.3, -0.25) is 4.79 Å². The average molecular weight is 317 g/mol. The van der Waals surface area contributed by atoms with Crippen LogP contribution in [-0.4, -0.2) is 15.7 Å². The number of aromatic nitrogens is 2. The number of carbonyl (C=O) groups is 1. The van der Waals surface area contributed by atoms with E-state index in [1.807, 2.05) is 29.1 Å². The minimum absolute atomic E-state index is 0.0309. The molecule has 4 rings (SSSR count). The summed E-state index contributed by atoms with van der Waals surface area (Å²) in [5.74, 6) is 0.867. The van der Waals surface area contributed by atoms with Crippen LogP contribution >= 0.6 is 0 Å². The molecule has 0 aliphatic carbocycles. The maximum absolute atomic E-state index is 12.3. The van der Waals surface area contributed by atoms with Crippen molar-refractivity contribution in [2.45, 2.75) is 26.2 Å². The van der Waals surface area contributed by atoms with Gasteiger partial charge in [0.1, 0.15) is 5.82 Å². The maximum Gasteiger partial charge on any atom is 0.226 e. The first-order valence-electron chi connectivity index (χ1n) is 8.14. The van der Waals surface area contributed by atoms with Crippen molar-refractivity contribution in [3.05, 3.63) is 77.0 Å². The van der Waals surface area contributed by atoms with Crippen LogP contribution in [0.4, 0.5) is 5.82 Å². The minimum Gasteiger partial charge on any atom is -0.310 e. The van der Waals surface area contributed by atoms with E-state index in [-0.39, 0.29) is 11.8 Å². The van der Waals surface area contributed by atoms with Gasteiger partial charge < -0.3 is 5.32 Å². The number of nitrogens with zero attached hydrogens (tertiary/aromatic N) is 2. The van der Waals surface area contributed by atoms with Gasteiger partial charge in [0.15, 0.2) is 0 Å². The standard InChI is InChI=1S/C20H19N3O/c1-13-8-9-14(2)18(10-13)23-20-17(12-21-23)16(11-19(24)22-20)15-6-4-3-5-7-15/h3-10,12,16H,11H2,1-2H3,(H,22,24). The Labute approximate surface area is 141 Å². The molecule has 24 heavy (non-hydrogen) atoms. The van der Waals surface area contributed by atoms with Gasteiger partial charge in [-0.05, 0) is 36.6 Å². The largest absolute Gasteiger partial charge is 0.310 e. The normalized spacial score (nSPS) is 16.6. The highest BCUT2D eigenvalue weighted by atomic mass is 16.1. The number of anilines is 1. The molecule has 0 spiro atoms. The number of rotatable bonds is 2. The van der Waals surface area contributed by atoms with Crippen molar-refractivity contribution in [1.29, 1.82) is 0 Å². The lowest BCUT2D eigenvalue weighted by Gasteiger charge is -2.24. The lowest BCUT2D eigenvalue weighted by molar-refractivity contribution is -0.116. The third-order valence-electron chi connectivity index (χ3n) is 4.62. The Kier molecular flexibility index (Phi) is 3.45. The van der Waals surface area contributed by atoms with Gasteiger partial charge in [-0.1, -0.05) is 42.5 Å². The summed E-state index contributed by atoms with van der Waals surface area (Å²) in [4.78, 5) is 12.3. The second kappa shape index (κ2) is 5.64. The second-order valence-electron chi connectivity index (χ2n) is 6.37. The summed E-state index contributed by atoms with van der Waals surface area (Å²) in [6, 6.07) is 16.4. The molecule has 4 nitrogen and oxygen atoms in total. The molecule has 4 heteroatoms. The van der Waals surface area contributed by atoms with Gasteiger partial charge in [0.2, 0.25) is 5.91 Å². The molecule has 0 saturated carbocycles. The van der Waals surface area contributed by atoms with E-state index in [1.165, 1.54) is 5.56 Å². The Hall–Kier alpha value is -2.88. The summed E-state index contributed by atoms with van der Waals surface area (Å²) in [5, 5.41) is 7.60. The Morgan fingerprint density at radius 1 is 1.12 bits per heavy atom. The number of aryl methyl sites for hydroxylation is 2. The Morgan fingerprint density at radius 2 is 1.92 bits per heavy atom. The van der Waals surface area contributed by atoms with E-state index >= 15 is 0 Å². The number of hydrogen-bond donors (Lipinski definition) is 1. The number of carbonyl (C=O) groups excluding carboxylic acids is 1. The van der Waals surface area contributed by atoms with Crippen molar-refractivity contribution in [3.8, 4) is 5.69 Å². The second-order valence-corrected chi connectivity index (χ2v) is 6.37. The summed E-state index contributed by atoms with van der Waals surface area (Å²) in [6.07, 6.45) is 2.34. The van der Waals surface area contributed by atoms with Gasteiger partial charge in [-0.2, -0.15) is 5.10 Å². The molecule has 2 heterocycles. The number of benzene rings is 2. The molecular weight excluding hydrogens is 298 g/mol. The molecule has 1 unspecified atom stereocenters. The van der Waals surface area contributed by atoms with E-state index in [9.17, 15) is 4.79 Å². The molecule has 2 aromatic carbocycles.